The SMILES string of the molecule is CCN1CCN(CC)c2cc(NC(=O)N(C=O)c3cccc(C(F)(F)F)c3)ccc21. The van der Waals surface area contributed by atoms with E-state index in [1.54, 1.807) is 6.07 Å². The van der Waals surface area contributed by atoms with Gasteiger partial charge in [-0.25, -0.2) is 9.69 Å². The number of halogens is 3. The summed E-state index contributed by atoms with van der Waals surface area (Å²) < 4.78 is 38.9. The van der Waals surface area contributed by atoms with Gasteiger partial charge in [-0.1, -0.05) is 6.07 Å². The predicted octanol–water partition coefficient (Wildman–Crippen LogP) is 4.57. The number of benzene rings is 2. The molecule has 0 aromatic heterocycles. The van der Waals surface area contributed by atoms with Crippen molar-refractivity contribution < 1.29 is 22.8 Å². The fourth-order valence-corrected chi connectivity index (χ4v) is 3.50. The van der Waals surface area contributed by atoms with E-state index in [1.165, 1.54) is 6.07 Å². The molecule has 0 aliphatic carbocycles. The molecule has 9 heteroatoms. The van der Waals surface area contributed by atoms with Crippen LogP contribution < -0.4 is 20.0 Å². The van der Waals surface area contributed by atoms with E-state index in [0.29, 0.717) is 10.6 Å². The Morgan fingerprint density at radius 2 is 1.73 bits per heavy atom. The maximum atomic E-state index is 13.0. The van der Waals surface area contributed by atoms with E-state index in [4.69, 9.17) is 0 Å². The minimum absolute atomic E-state index is 0.164. The average molecular weight is 420 g/mol. The van der Waals surface area contributed by atoms with Crippen LogP contribution in [0.5, 0.6) is 0 Å². The molecule has 0 unspecified atom stereocenters. The quantitative estimate of drug-likeness (QED) is 0.721. The van der Waals surface area contributed by atoms with Gasteiger partial charge in [0.15, 0.2) is 0 Å². The van der Waals surface area contributed by atoms with Crippen molar-refractivity contribution in [2.75, 3.05) is 46.2 Å². The highest BCUT2D eigenvalue weighted by Gasteiger charge is 2.31. The van der Waals surface area contributed by atoms with Crippen LogP contribution in [0.25, 0.3) is 0 Å². The number of carbonyl (C=O) groups is 2. The zero-order valence-corrected chi connectivity index (χ0v) is 16.7. The van der Waals surface area contributed by atoms with Crippen molar-refractivity contribution in [1.82, 2.24) is 0 Å². The molecule has 0 saturated carbocycles. The average Bonchev–Trinajstić information content (AvgIpc) is 2.73. The summed E-state index contributed by atoms with van der Waals surface area (Å²) in [5.41, 5.74) is 1.36. The van der Waals surface area contributed by atoms with Crippen molar-refractivity contribution >= 4 is 35.2 Å². The normalized spacial score (nSPS) is 13.6. The van der Waals surface area contributed by atoms with Gasteiger partial charge in [0, 0.05) is 31.9 Å². The molecule has 0 fully saturated rings. The first-order chi connectivity index (χ1) is 14.3. The molecular formula is C21H23F3N4O2. The van der Waals surface area contributed by atoms with Crippen LogP contribution in [0.3, 0.4) is 0 Å². The van der Waals surface area contributed by atoms with Crippen molar-refractivity contribution in [3.63, 3.8) is 0 Å². The summed E-state index contributed by atoms with van der Waals surface area (Å²) in [4.78, 5) is 29.1. The number of amides is 3. The molecule has 1 aliphatic rings. The Bertz CT molecular complexity index is 933. The van der Waals surface area contributed by atoms with Crippen molar-refractivity contribution in [2.24, 2.45) is 0 Å². The van der Waals surface area contributed by atoms with Crippen molar-refractivity contribution in [3.8, 4) is 0 Å². The maximum Gasteiger partial charge on any atom is 0.416 e. The lowest BCUT2D eigenvalue weighted by atomic mass is 10.1. The highest BCUT2D eigenvalue weighted by Crippen LogP contribution is 2.35. The van der Waals surface area contributed by atoms with Gasteiger partial charge in [0.1, 0.15) is 0 Å². The van der Waals surface area contributed by atoms with Gasteiger partial charge < -0.3 is 15.1 Å². The summed E-state index contributed by atoms with van der Waals surface area (Å²) in [6.07, 6.45) is -4.38. The molecule has 3 amide bonds. The third-order valence-electron chi connectivity index (χ3n) is 5.09. The lowest BCUT2D eigenvalue weighted by Crippen LogP contribution is -2.41. The van der Waals surface area contributed by atoms with Crippen LogP contribution in [-0.2, 0) is 11.0 Å². The number of anilines is 4. The number of nitrogens with one attached hydrogen (secondary N) is 1. The molecule has 1 aliphatic heterocycles. The standard InChI is InChI=1S/C21H23F3N4O2/c1-3-26-10-11-27(4-2)19-13-16(8-9-18(19)26)25-20(30)28(14-29)17-7-5-6-15(12-17)21(22,23)24/h5-9,12-14H,3-4,10-11H2,1-2H3,(H,25,30). The smallest absolute Gasteiger partial charge is 0.368 e. The number of urea groups is 1. The third-order valence-corrected chi connectivity index (χ3v) is 5.09. The molecule has 3 rings (SSSR count). The Balaban J connectivity index is 1.85. The lowest BCUT2D eigenvalue weighted by Gasteiger charge is -2.38. The fraction of sp³-hybridized carbons (Fsp3) is 0.333. The minimum Gasteiger partial charge on any atom is -0.368 e. The highest BCUT2D eigenvalue weighted by atomic mass is 19.4. The topological polar surface area (TPSA) is 55.9 Å². The van der Waals surface area contributed by atoms with Crippen LogP contribution >= 0.6 is 0 Å². The van der Waals surface area contributed by atoms with Gasteiger partial charge in [0.05, 0.1) is 22.6 Å². The summed E-state index contributed by atoms with van der Waals surface area (Å²) in [6, 6.07) is 8.65. The Morgan fingerprint density at radius 1 is 1.07 bits per heavy atom. The van der Waals surface area contributed by atoms with Crippen molar-refractivity contribution in [1.29, 1.82) is 0 Å². The Kier molecular flexibility index (Phi) is 6.19. The summed E-state index contributed by atoms with van der Waals surface area (Å²) in [5.74, 6) is 0. The molecule has 2 aromatic rings. The number of imide groups is 1. The number of likely N-dealkylation sites (N-methyl/N-ethyl adjacent to an activating group) is 2. The minimum atomic E-state index is -4.58. The second-order valence-corrected chi connectivity index (χ2v) is 6.82. The second-order valence-electron chi connectivity index (χ2n) is 6.82. The zero-order chi connectivity index (χ0) is 21.9. The van der Waals surface area contributed by atoms with Gasteiger partial charge in [-0.2, -0.15) is 13.2 Å². The van der Waals surface area contributed by atoms with Crippen LogP contribution in [0, 0.1) is 0 Å². The van der Waals surface area contributed by atoms with Crippen molar-refractivity contribution in [3.05, 3.63) is 48.0 Å². The summed E-state index contributed by atoms with van der Waals surface area (Å²) in [6.45, 7) is 7.50. The molecule has 1 N–H and O–H groups in total. The van der Waals surface area contributed by atoms with E-state index in [9.17, 15) is 22.8 Å². The highest BCUT2D eigenvalue weighted by molar-refractivity contribution is 6.12. The van der Waals surface area contributed by atoms with E-state index < -0.39 is 17.8 Å². The van der Waals surface area contributed by atoms with E-state index >= 15 is 0 Å². The molecule has 0 spiro atoms. The lowest BCUT2D eigenvalue weighted by molar-refractivity contribution is -0.137. The van der Waals surface area contributed by atoms with Crippen LogP contribution in [0.15, 0.2) is 42.5 Å². The van der Waals surface area contributed by atoms with Crippen molar-refractivity contribution in [2.45, 2.75) is 20.0 Å². The van der Waals surface area contributed by atoms with E-state index in [-0.39, 0.29) is 12.1 Å². The number of hydrogen-bond donors (Lipinski definition) is 1. The maximum absolute atomic E-state index is 13.0. The second kappa shape index (κ2) is 8.64. The first kappa shape index (κ1) is 21.5. The van der Waals surface area contributed by atoms with Crippen LogP contribution in [0.1, 0.15) is 19.4 Å². The molecule has 160 valence electrons. The van der Waals surface area contributed by atoms with Gasteiger partial charge in [-0.3, -0.25) is 4.79 Å². The molecule has 1 heterocycles. The molecule has 0 atom stereocenters. The Morgan fingerprint density at radius 3 is 2.33 bits per heavy atom. The number of alkyl halides is 3. The summed E-state index contributed by atoms with van der Waals surface area (Å²) in [5, 5.41) is 2.61. The molecular weight excluding hydrogens is 397 g/mol. The number of hydrogen-bond acceptors (Lipinski definition) is 4. The van der Waals surface area contributed by atoms with Gasteiger partial charge in [-0.05, 0) is 50.2 Å². The molecule has 30 heavy (non-hydrogen) atoms. The van der Waals surface area contributed by atoms with Gasteiger partial charge in [-0.15, -0.1) is 0 Å². The predicted molar refractivity (Wildman–Crippen MR) is 111 cm³/mol. The summed E-state index contributed by atoms with van der Waals surface area (Å²) >= 11 is 0. The van der Waals surface area contributed by atoms with Gasteiger partial charge >= 0.3 is 12.2 Å². The van der Waals surface area contributed by atoms with E-state index in [0.717, 1.165) is 55.8 Å². The molecule has 0 bridgehead atoms. The molecule has 6 nitrogen and oxygen atoms in total. The Labute approximate surface area is 172 Å². The number of rotatable bonds is 5. The third kappa shape index (κ3) is 4.34. The van der Waals surface area contributed by atoms with Gasteiger partial charge in [0.25, 0.3) is 0 Å². The monoisotopic (exact) mass is 420 g/mol. The van der Waals surface area contributed by atoms with E-state index in [1.807, 2.05) is 19.1 Å². The number of fused-ring (bicyclic) bond motifs is 1. The fourth-order valence-electron chi connectivity index (χ4n) is 3.50. The first-order valence-corrected chi connectivity index (χ1v) is 9.65. The molecule has 0 radical (unpaired) electrons. The molecule has 0 saturated heterocycles. The van der Waals surface area contributed by atoms with E-state index in [2.05, 4.69) is 22.0 Å². The molecule has 2 aromatic carbocycles. The van der Waals surface area contributed by atoms with Crippen LogP contribution in [0.2, 0.25) is 0 Å². The first-order valence-electron chi connectivity index (χ1n) is 9.65. The summed E-state index contributed by atoms with van der Waals surface area (Å²) in [7, 11) is 0. The van der Waals surface area contributed by atoms with Gasteiger partial charge in [0.2, 0.25) is 6.41 Å². The Hall–Kier alpha value is -3.23. The zero-order valence-electron chi connectivity index (χ0n) is 16.7. The largest absolute Gasteiger partial charge is 0.416 e. The number of nitrogens with zero attached hydrogens (tertiary/aromatic N) is 3. The van der Waals surface area contributed by atoms with Crippen LogP contribution in [-0.4, -0.2) is 38.6 Å². The van der Waals surface area contributed by atoms with Crippen LogP contribution in [0.4, 0.5) is 40.7 Å². The number of carbonyl (C=O) groups excluding carboxylic acids is 2.